The van der Waals surface area contributed by atoms with Crippen molar-refractivity contribution in [1.82, 2.24) is 15.1 Å². The molecule has 0 aliphatic carbocycles. The van der Waals surface area contributed by atoms with Gasteiger partial charge in [0.15, 0.2) is 0 Å². The molecule has 1 spiro atoms. The van der Waals surface area contributed by atoms with Gasteiger partial charge in [-0.05, 0) is 49.9 Å². The Hall–Kier alpha value is -1.92. The van der Waals surface area contributed by atoms with Crippen LogP contribution in [0.5, 0.6) is 0 Å². The maximum atomic E-state index is 12.9. The van der Waals surface area contributed by atoms with Crippen LogP contribution in [-0.4, -0.2) is 60.9 Å². The summed E-state index contributed by atoms with van der Waals surface area (Å²) < 4.78 is 0. The number of hydrogen-bond acceptors (Lipinski definition) is 4. The van der Waals surface area contributed by atoms with E-state index in [9.17, 15) is 9.59 Å². The number of carbonyl (C=O) groups excluding carboxylic acids is 2. The zero-order valence-corrected chi connectivity index (χ0v) is 15.5. The van der Waals surface area contributed by atoms with Gasteiger partial charge < -0.3 is 16.0 Å². The van der Waals surface area contributed by atoms with Crippen LogP contribution in [0.25, 0.3) is 0 Å². The minimum atomic E-state index is -0.371. The number of primary amides is 1. The first-order valence-electron chi connectivity index (χ1n) is 9.59. The molecule has 26 heavy (non-hydrogen) atoms. The monoisotopic (exact) mass is 358 g/mol. The number of amides is 2. The fourth-order valence-corrected chi connectivity index (χ4v) is 4.04. The van der Waals surface area contributed by atoms with Crippen molar-refractivity contribution in [2.24, 2.45) is 11.1 Å². The molecule has 1 aromatic carbocycles. The molecule has 2 saturated heterocycles. The Labute approximate surface area is 155 Å². The second-order valence-corrected chi connectivity index (χ2v) is 7.72. The smallest absolute Gasteiger partial charge is 0.237 e. The van der Waals surface area contributed by atoms with Crippen LogP contribution < -0.4 is 11.1 Å². The van der Waals surface area contributed by atoms with Crippen molar-refractivity contribution < 1.29 is 9.59 Å². The number of benzene rings is 1. The molecule has 0 atom stereocenters. The molecule has 0 unspecified atom stereocenters. The summed E-state index contributed by atoms with van der Waals surface area (Å²) in [6, 6.07) is 9.89. The van der Waals surface area contributed by atoms with Crippen molar-refractivity contribution in [2.45, 2.75) is 32.2 Å². The van der Waals surface area contributed by atoms with Crippen molar-refractivity contribution in [3.63, 3.8) is 0 Å². The molecular formula is C20H30N4O2. The Morgan fingerprint density at radius 2 is 1.88 bits per heavy atom. The first kappa shape index (κ1) is 18.9. The Bertz CT molecular complexity index is 603. The van der Waals surface area contributed by atoms with Crippen molar-refractivity contribution in [3.8, 4) is 0 Å². The highest BCUT2D eigenvalue weighted by molar-refractivity contribution is 5.79. The van der Waals surface area contributed by atoms with Gasteiger partial charge in [-0.25, -0.2) is 0 Å². The van der Waals surface area contributed by atoms with Gasteiger partial charge in [0.25, 0.3) is 0 Å². The molecule has 2 aliphatic heterocycles. The molecule has 2 heterocycles. The predicted molar refractivity (Wildman–Crippen MR) is 101 cm³/mol. The maximum Gasteiger partial charge on any atom is 0.237 e. The van der Waals surface area contributed by atoms with Crippen LogP contribution in [0, 0.1) is 5.41 Å². The van der Waals surface area contributed by atoms with E-state index in [1.54, 1.807) is 4.90 Å². The van der Waals surface area contributed by atoms with E-state index in [-0.39, 0.29) is 18.2 Å². The van der Waals surface area contributed by atoms with E-state index in [1.165, 1.54) is 6.42 Å². The number of nitrogens with zero attached hydrogens (tertiary/aromatic N) is 2. The van der Waals surface area contributed by atoms with Gasteiger partial charge in [0, 0.05) is 26.1 Å². The van der Waals surface area contributed by atoms with E-state index < -0.39 is 0 Å². The fraction of sp³-hybridized carbons (Fsp3) is 0.600. The lowest BCUT2D eigenvalue weighted by Gasteiger charge is -2.39. The first-order chi connectivity index (χ1) is 12.6. The molecule has 0 saturated carbocycles. The average molecular weight is 358 g/mol. The number of nitrogens with two attached hydrogens (primary N) is 1. The molecule has 2 aliphatic rings. The van der Waals surface area contributed by atoms with Crippen LogP contribution in [0.1, 0.15) is 31.2 Å². The Morgan fingerprint density at radius 3 is 2.50 bits per heavy atom. The Balaban J connectivity index is 1.55. The summed E-state index contributed by atoms with van der Waals surface area (Å²) in [5.41, 5.74) is 6.81. The standard InChI is InChI=1S/C20H30N4O2/c21-18(25)6-11-24(14-17-4-2-1-3-5-17)19(26)15-23-12-8-20(9-13-23)7-10-22-16-20/h1-5,22H,6-16H2,(H2,21,25). The van der Waals surface area contributed by atoms with E-state index in [2.05, 4.69) is 10.2 Å². The highest BCUT2D eigenvalue weighted by atomic mass is 16.2. The second kappa shape index (κ2) is 8.64. The molecule has 1 aromatic rings. The summed E-state index contributed by atoms with van der Waals surface area (Å²) in [6.45, 7) is 5.52. The molecule has 6 heteroatoms. The van der Waals surface area contributed by atoms with E-state index in [1.807, 2.05) is 30.3 Å². The van der Waals surface area contributed by atoms with Gasteiger partial charge >= 0.3 is 0 Å². The van der Waals surface area contributed by atoms with E-state index in [0.717, 1.165) is 44.6 Å². The van der Waals surface area contributed by atoms with Gasteiger partial charge in [0.1, 0.15) is 0 Å². The molecule has 3 rings (SSSR count). The van der Waals surface area contributed by atoms with E-state index >= 15 is 0 Å². The van der Waals surface area contributed by atoms with Crippen molar-refractivity contribution in [1.29, 1.82) is 0 Å². The van der Waals surface area contributed by atoms with Gasteiger partial charge in [-0.2, -0.15) is 0 Å². The minimum Gasteiger partial charge on any atom is -0.370 e. The van der Waals surface area contributed by atoms with E-state index in [4.69, 9.17) is 5.73 Å². The molecule has 0 bridgehead atoms. The topological polar surface area (TPSA) is 78.7 Å². The molecule has 142 valence electrons. The highest BCUT2D eigenvalue weighted by Crippen LogP contribution is 2.36. The largest absolute Gasteiger partial charge is 0.370 e. The average Bonchev–Trinajstić information content (AvgIpc) is 3.09. The fourth-order valence-electron chi connectivity index (χ4n) is 4.04. The number of hydrogen-bond donors (Lipinski definition) is 2. The molecule has 0 radical (unpaired) electrons. The lowest BCUT2D eigenvalue weighted by molar-refractivity contribution is -0.134. The summed E-state index contributed by atoms with van der Waals surface area (Å²) >= 11 is 0. The van der Waals surface area contributed by atoms with Crippen LogP contribution >= 0.6 is 0 Å². The predicted octanol–water partition coefficient (Wildman–Crippen LogP) is 0.966. The zero-order chi connectivity index (χ0) is 18.4. The second-order valence-electron chi connectivity index (χ2n) is 7.72. The minimum absolute atomic E-state index is 0.0793. The molecular weight excluding hydrogens is 328 g/mol. The molecule has 0 aromatic heterocycles. The molecule has 2 amide bonds. The highest BCUT2D eigenvalue weighted by Gasteiger charge is 2.37. The number of likely N-dealkylation sites (tertiary alicyclic amines) is 1. The third kappa shape index (κ3) is 5.05. The summed E-state index contributed by atoms with van der Waals surface area (Å²) in [4.78, 5) is 28.1. The molecule has 3 N–H and O–H groups in total. The summed E-state index contributed by atoms with van der Waals surface area (Å²) in [6.07, 6.45) is 3.78. The van der Waals surface area contributed by atoms with Crippen LogP contribution in [0.3, 0.4) is 0 Å². The summed E-state index contributed by atoms with van der Waals surface area (Å²) in [5.74, 6) is -0.292. The number of rotatable bonds is 7. The number of carbonyl (C=O) groups is 2. The van der Waals surface area contributed by atoms with Crippen LogP contribution in [0.15, 0.2) is 30.3 Å². The van der Waals surface area contributed by atoms with Crippen LogP contribution in [0.4, 0.5) is 0 Å². The molecule has 2 fully saturated rings. The summed E-state index contributed by atoms with van der Waals surface area (Å²) in [5, 5.41) is 3.47. The van der Waals surface area contributed by atoms with Gasteiger partial charge in [-0.3, -0.25) is 14.5 Å². The molecule has 6 nitrogen and oxygen atoms in total. The van der Waals surface area contributed by atoms with Gasteiger partial charge in [0.05, 0.1) is 6.54 Å². The Morgan fingerprint density at radius 1 is 1.15 bits per heavy atom. The summed E-state index contributed by atoms with van der Waals surface area (Å²) in [7, 11) is 0. The third-order valence-electron chi connectivity index (χ3n) is 5.80. The van der Waals surface area contributed by atoms with Crippen molar-refractivity contribution >= 4 is 11.8 Å². The van der Waals surface area contributed by atoms with Crippen molar-refractivity contribution in [3.05, 3.63) is 35.9 Å². The van der Waals surface area contributed by atoms with Crippen LogP contribution in [-0.2, 0) is 16.1 Å². The van der Waals surface area contributed by atoms with Gasteiger partial charge in [0.2, 0.25) is 11.8 Å². The first-order valence-corrected chi connectivity index (χ1v) is 9.59. The lowest BCUT2D eigenvalue weighted by atomic mass is 9.78. The van der Waals surface area contributed by atoms with Gasteiger partial charge in [-0.15, -0.1) is 0 Å². The maximum absolute atomic E-state index is 12.9. The lowest BCUT2D eigenvalue weighted by Crippen LogP contribution is -2.46. The number of nitrogens with one attached hydrogen (secondary N) is 1. The SMILES string of the molecule is NC(=O)CCN(Cc1ccccc1)C(=O)CN1CCC2(CCNC2)CC1. The number of piperidine rings is 1. The normalized spacial score (nSPS) is 19.5. The quantitative estimate of drug-likeness (QED) is 0.761. The zero-order valence-electron chi connectivity index (χ0n) is 15.5. The Kier molecular flexibility index (Phi) is 6.27. The van der Waals surface area contributed by atoms with Crippen molar-refractivity contribution in [2.75, 3.05) is 39.3 Å². The third-order valence-corrected chi connectivity index (χ3v) is 5.80. The van der Waals surface area contributed by atoms with Gasteiger partial charge in [-0.1, -0.05) is 30.3 Å². The van der Waals surface area contributed by atoms with E-state index in [0.29, 0.717) is 25.0 Å². The van der Waals surface area contributed by atoms with Crippen LogP contribution in [0.2, 0.25) is 0 Å².